The number of rotatable bonds is 3. The number of aromatic nitrogens is 2. The summed E-state index contributed by atoms with van der Waals surface area (Å²) in [6.07, 6.45) is 3.54. The number of piperidine rings is 1. The number of carboxylic acids is 1. The van der Waals surface area contributed by atoms with Crippen molar-refractivity contribution < 1.29 is 9.90 Å². The molecule has 3 rings (SSSR count). The van der Waals surface area contributed by atoms with E-state index in [4.69, 9.17) is 5.11 Å². The Hall–Kier alpha value is -2.27. The molecule has 2 aromatic rings. The predicted molar refractivity (Wildman–Crippen MR) is 88.4 cm³/mol. The Balaban J connectivity index is 2.00. The summed E-state index contributed by atoms with van der Waals surface area (Å²) in [5.74, 6) is -0.206. The largest absolute Gasteiger partial charge is 0.478 e. The van der Waals surface area contributed by atoms with Crippen molar-refractivity contribution in [2.45, 2.75) is 32.2 Å². The van der Waals surface area contributed by atoms with Gasteiger partial charge in [-0.15, -0.1) is 0 Å². The number of hydrogen-bond acceptors (Lipinski definition) is 4. The highest BCUT2D eigenvalue weighted by Gasteiger charge is 2.23. The topological polar surface area (TPSA) is 66.3 Å². The maximum absolute atomic E-state index is 11.2. The molecule has 23 heavy (non-hydrogen) atoms. The summed E-state index contributed by atoms with van der Waals surface area (Å²) in [4.78, 5) is 22.6. The Morgan fingerprint density at radius 2 is 2.09 bits per heavy atom. The van der Waals surface area contributed by atoms with Gasteiger partial charge >= 0.3 is 5.97 Å². The van der Waals surface area contributed by atoms with E-state index in [-0.39, 0.29) is 5.56 Å². The second-order valence-electron chi connectivity index (χ2n) is 6.10. The zero-order valence-corrected chi connectivity index (χ0v) is 13.5. The molecule has 0 spiro atoms. The highest BCUT2D eigenvalue weighted by molar-refractivity contribution is 5.89. The van der Waals surface area contributed by atoms with Crippen LogP contribution in [0.5, 0.6) is 0 Å². The number of carbonyl (C=O) groups is 1. The lowest BCUT2D eigenvalue weighted by Crippen LogP contribution is -2.30. The Kier molecular flexibility index (Phi) is 4.39. The minimum Gasteiger partial charge on any atom is -0.478 e. The molecule has 0 bridgehead atoms. The van der Waals surface area contributed by atoms with Gasteiger partial charge in [-0.3, -0.25) is 4.90 Å². The van der Waals surface area contributed by atoms with E-state index in [0.29, 0.717) is 6.04 Å². The quantitative estimate of drug-likeness (QED) is 0.942. The normalized spacial score (nSPS) is 18.8. The fraction of sp³-hybridized carbons (Fsp3) is 0.389. The molecular formula is C18H21N3O2. The zero-order chi connectivity index (χ0) is 16.4. The lowest BCUT2D eigenvalue weighted by molar-refractivity contribution is 0.0697. The van der Waals surface area contributed by atoms with E-state index in [2.05, 4.69) is 21.9 Å². The van der Waals surface area contributed by atoms with Gasteiger partial charge in [-0.1, -0.05) is 18.6 Å². The van der Waals surface area contributed by atoms with E-state index in [1.807, 2.05) is 19.1 Å². The SMILES string of the molecule is Cc1nc(-c2cccc(C(=O)O)c2)cc(C2CCCCN2C)n1. The van der Waals surface area contributed by atoms with Gasteiger partial charge in [0, 0.05) is 5.56 Å². The average molecular weight is 311 g/mol. The maximum Gasteiger partial charge on any atom is 0.335 e. The van der Waals surface area contributed by atoms with Crippen molar-refractivity contribution in [3.05, 3.63) is 47.4 Å². The van der Waals surface area contributed by atoms with Crippen LogP contribution in [-0.2, 0) is 0 Å². The van der Waals surface area contributed by atoms with Crippen LogP contribution in [-0.4, -0.2) is 39.5 Å². The molecule has 0 amide bonds. The summed E-state index contributed by atoms with van der Waals surface area (Å²) in [5, 5.41) is 9.16. The summed E-state index contributed by atoms with van der Waals surface area (Å²) in [6, 6.07) is 9.21. The molecule has 1 unspecified atom stereocenters. The number of aryl methyl sites for hydroxylation is 1. The van der Waals surface area contributed by atoms with Crippen LogP contribution in [0.4, 0.5) is 0 Å². The van der Waals surface area contributed by atoms with Crippen LogP contribution in [0.2, 0.25) is 0 Å². The maximum atomic E-state index is 11.2. The van der Waals surface area contributed by atoms with Crippen LogP contribution in [0.3, 0.4) is 0 Å². The van der Waals surface area contributed by atoms with E-state index in [9.17, 15) is 4.79 Å². The summed E-state index contributed by atoms with van der Waals surface area (Å²) < 4.78 is 0. The second-order valence-corrected chi connectivity index (χ2v) is 6.10. The molecule has 1 aromatic heterocycles. The first-order chi connectivity index (χ1) is 11.0. The summed E-state index contributed by atoms with van der Waals surface area (Å²) in [7, 11) is 2.13. The van der Waals surface area contributed by atoms with Gasteiger partial charge in [0.1, 0.15) is 5.82 Å². The zero-order valence-electron chi connectivity index (χ0n) is 13.5. The van der Waals surface area contributed by atoms with Crippen molar-refractivity contribution >= 4 is 5.97 Å². The van der Waals surface area contributed by atoms with Gasteiger partial charge in [-0.05, 0) is 51.6 Å². The van der Waals surface area contributed by atoms with Crippen molar-refractivity contribution in [1.82, 2.24) is 14.9 Å². The lowest BCUT2D eigenvalue weighted by Gasteiger charge is -2.32. The van der Waals surface area contributed by atoms with E-state index >= 15 is 0 Å². The van der Waals surface area contributed by atoms with Crippen LogP contribution < -0.4 is 0 Å². The molecule has 1 fully saturated rings. The van der Waals surface area contributed by atoms with Gasteiger partial charge in [0.25, 0.3) is 0 Å². The molecule has 0 saturated carbocycles. The summed E-state index contributed by atoms with van der Waals surface area (Å²) >= 11 is 0. The van der Waals surface area contributed by atoms with Gasteiger partial charge < -0.3 is 5.11 Å². The molecule has 120 valence electrons. The van der Waals surface area contributed by atoms with Crippen molar-refractivity contribution in [2.75, 3.05) is 13.6 Å². The first-order valence-corrected chi connectivity index (χ1v) is 7.94. The van der Waals surface area contributed by atoms with Gasteiger partial charge in [0.15, 0.2) is 0 Å². The number of benzene rings is 1. The molecule has 1 aromatic carbocycles. The first-order valence-electron chi connectivity index (χ1n) is 7.94. The highest BCUT2D eigenvalue weighted by Crippen LogP contribution is 2.30. The fourth-order valence-electron chi connectivity index (χ4n) is 3.17. The molecular weight excluding hydrogens is 290 g/mol. The Bertz CT molecular complexity index is 730. The molecule has 1 aliphatic heterocycles. The van der Waals surface area contributed by atoms with Crippen molar-refractivity contribution in [1.29, 1.82) is 0 Å². The molecule has 5 nitrogen and oxygen atoms in total. The summed E-state index contributed by atoms with van der Waals surface area (Å²) in [5.41, 5.74) is 2.90. The minimum absolute atomic E-state index is 0.273. The predicted octanol–water partition coefficient (Wildman–Crippen LogP) is 3.31. The molecule has 2 heterocycles. The van der Waals surface area contributed by atoms with Crippen LogP contribution >= 0.6 is 0 Å². The van der Waals surface area contributed by atoms with E-state index in [0.717, 1.165) is 35.7 Å². The van der Waals surface area contributed by atoms with Gasteiger partial charge in [-0.25, -0.2) is 14.8 Å². The van der Waals surface area contributed by atoms with E-state index in [1.165, 1.54) is 12.8 Å². The number of nitrogens with zero attached hydrogens (tertiary/aromatic N) is 3. The first kappa shape index (κ1) is 15.6. The van der Waals surface area contributed by atoms with E-state index < -0.39 is 5.97 Å². The number of aromatic carboxylic acids is 1. The minimum atomic E-state index is -0.926. The number of carboxylic acid groups (broad SMARTS) is 1. The Morgan fingerprint density at radius 3 is 2.83 bits per heavy atom. The molecule has 0 aliphatic carbocycles. The third-order valence-electron chi connectivity index (χ3n) is 4.37. The van der Waals surface area contributed by atoms with Crippen molar-refractivity contribution in [3.63, 3.8) is 0 Å². The smallest absolute Gasteiger partial charge is 0.335 e. The third-order valence-corrected chi connectivity index (χ3v) is 4.37. The fourth-order valence-corrected chi connectivity index (χ4v) is 3.17. The number of likely N-dealkylation sites (tertiary alicyclic amines) is 1. The Morgan fingerprint density at radius 1 is 1.26 bits per heavy atom. The van der Waals surface area contributed by atoms with E-state index in [1.54, 1.807) is 18.2 Å². The highest BCUT2D eigenvalue weighted by atomic mass is 16.4. The van der Waals surface area contributed by atoms with Crippen LogP contribution in [0.15, 0.2) is 30.3 Å². The molecule has 1 atom stereocenters. The van der Waals surface area contributed by atoms with Gasteiger partial charge in [-0.2, -0.15) is 0 Å². The molecule has 5 heteroatoms. The average Bonchev–Trinajstić information content (AvgIpc) is 2.55. The van der Waals surface area contributed by atoms with Crippen LogP contribution in [0, 0.1) is 6.92 Å². The third kappa shape index (κ3) is 3.40. The number of hydrogen-bond donors (Lipinski definition) is 1. The molecule has 1 saturated heterocycles. The van der Waals surface area contributed by atoms with Crippen molar-refractivity contribution in [3.8, 4) is 11.3 Å². The Labute approximate surface area is 136 Å². The summed E-state index contributed by atoms with van der Waals surface area (Å²) in [6.45, 7) is 2.97. The van der Waals surface area contributed by atoms with Gasteiger partial charge in [0.2, 0.25) is 0 Å². The van der Waals surface area contributed by atoms with Gasteiger partial charge in [0.05, 0.1) is 23.0 Å². The molecule has 1 N–H and O–H groups in total. The van der Waals surface area contributed by atoms with Crippen LogP contribution in [0.25, 0.3) is 11.3 Å². The standard InChI is InChI=1S/C18H21N3O2/c1-12-19-15(13-6-5-7-14(10-13)18(22)23)11-16(20-12)17-8-3-4-9-21(17)2/h5-7,10-11,17H,3-4,8-9H2,1-2H3,(H,22,23). The van der Waals surface area contributed by atoms with Crippen molar-refractivity contribution in [2.24, 2.45) is 0 Å². The second kappa shape index (κ2) is 6.46. The monoisotopic (exact) mass is 311 g/mol. The lowest BCUT2D eigenvalue weighted by atomic mass is 9.98. The van der Waals surface area contributed by atoms with Crippen LogP contribution in [0.1, 0.15) is 47.2 Å². The molecule has 1 aliphatic rings. The molecule has 0 radical (unpaired) electrons.